The standard InChI is InChI=1S/C17H24FN3O2/c18-14-3-1-2-4-15(14)20-7-9-21(10-8-20)17(22)16(19)13-5-11-23-12-6-13/h1-4,13,16H,5-12,19H2. The van der Waals surface area contributed by atoms with Crippen molar-refractivity contribution in [3.8, 4) is 0 Å². The van der Waals surface area contributed by atoms with E-state index in [0.717, 1.165) is 12.8 Å². The van der Waals surface area contributed by atoms with Crippen molar-refractivity contribution in [2.24, 2.45) is 11.7 Å². The minimum Gasteiger partial charge on any atom is -0.381 e. The molecule has 1 aromatic carbocycles. The van der Waals surface area contributed by atoms with Gasteiger partial charge in [0.05, 0.1) is 11.7 Å². The molecule has 3 rings (SSSR count). The normalized spacial score (nSPS) is 21.3. The molecule has 2 saturated heterocycles. The first kappa shape index (κ1) is 16.2. The van der Waals surface area contributed by atoms with Gasteiger partial charge in [0, 0.05) is 39.4 Å². The summed E-state index contributed by atoms with van der Waals surface area (Å²) < 4.78 is 19.2. The number of benzene rings is 1. The summed E-state index contributed by atoms with van der Waals surface area (Å²) in [6, 6.07) is 6.32. The predicted molar refractivity (Wildman–Crippen MR) is 86.7 cm³/mol. The third-order valence-electron chi connectivity index (χ3n) is 4.84. The zero-order valence-electron chi connectivity index (χ0n) is 13.3. The van der Waals surface area contributed by atoms with Crippen LogP contribution in [-0.2, 0) is 9.53 Å². The number of nitrogens with two attached hydrogens (primary N) is 1. The maximum Gasteiger partial charge on any atom is 0.239 e. The van der Waals surface area contributed by atoms with Crippen LogP contribution in [0.25, 0.3) is 0 Å². The number of nitrogens with zero attached hydrogens (tertiary/aromatic N) is 2. The first-order valence-electron chi connectivity index (χ1n) is 8.28. The molecule has 0 aliphatic carbocycles. The van der Waals surface area contributed by atoms with E-state index in [-0.39, 0.29) is 17.6 Å². The number of rotatable bonds is 3. The van der Waals surface area contributed by atoms with Gasteiger partial charge in [-0.1, -0.05) is 12.1 Å². The van der Waals surface area contributed by atoms with Crippen LogP contribution in [0.1, 0.15) is 12.8 Å². The number of anilines is 1. The number of halogens is 1. The number of hydrogen-bond donors (Lipinski definition) is 1. The fourth-order valence-corrected chi connectivity index (χ4v) is 3.36. The van der Waals surface area contributed by atoms with E-state index < -0.39 is 6.04 Å². The molecule has 0 radical (unpaired) electrons. The second kappa shape index (κ2) is 7.27. The Kier molecular flexibility index (Phi) is 5.13. The van der Waals surface area contributed by atoms with Crippen molar-refractivity contribution in [2.45, 2.75) is 18.9 Å². The average molecular weight is 321 g/mol. The van der Waals surface area contributed by atoms with Crippen molar-refractivity contribution in [2.75, 3.05) is 44.3 Å². The third-order valence-corrected chi connectivity index (χ3v) is 4.84. The van der Waals surface area contributed by atoms with E-state index in [9.17, 15) is 9.18 Å². The molecule has 2 N–H and O–H groups in total. The van der Waals surface area contributed by atoms with Crippen LogP contribution in [0.5, 0.6) is 0 Å². The molecule has 2 heterocycles. The van der Waals surface area contributed by atoms with Crippen LogP contribution in [0.15, 0.2) is 24.3 Å². The van der Waals surface area contributed by atoms with Gasteiger partial charge in [-0.05, 0) is 30.9 Å². The Morgan fingerprint density at radius 3 is 2.48 bits per heavy atom. The van der Waals surface area contributed by atoms with Gasteiger partial charge in [0.25, 0.3) is 0 Å². The lowest BCUT2D eigenvalue weighted by molar-refractivity contribution is -0.135. The SMILES string of the molecule is NC(C(=O)N1CCN(c2ccccc2F)CC1)C1CCOCC1. The topological polar surface area (TPSA) is 58.8 Å². The van der Waals surface area contributed by atoms with Crippen molar-refractivity contribution in [3.63, 3.8) is 0 Å². The van der Waals surface area contributed by atoms with Gasteiger partial charge in [0.1, 0.15) is 5.82 Å². The molecule has 1 unspecified atom stereocenters. The molecule has 1 amide bonds. The lowest BCUT2D eigenvalue weighted by Gasteiger charge is -2.38. The Balaban J connectivity index is 1.56. The highest BCUT2D eigenvalue weighted by Gasteiger charge is 2.31. The Morgan fingerprint density at radius 1 is 1.17 bits per heavy atom. The molecule has 0 spiro atoms. The predicted octanol–water partition coefficient (Wildman–Crippen LogP) is 1.23. The molecular weight excluding hydrogens is 297 g/mol. The fraction of sp³-hybridized carbons (Fsp3) is 0.588. The van der Waals surface area contributed by atoms with Crippen molar-refractivity contribution < 1.29 is 13.9 Å². The summed E-state index contributed by atoms with van der Waals surface area (Å²) in [6.45, 7) is 3.81. The van der Waals surface area contributed by atoms with Crippen molar-refractivity contribution in [1.82, 2.24) is 4.90 Å². The van der Waals surface area contributed by atoms with Crippen LogP contribution in [-0.4, -0.2) is 56.2 Å². The van der Waals surface area contributed by atoms with Crippen LogP contribution in [0.3, 0.4) is 0 Å². The molecule has 23 heavy (non-hydrogen) atoms. The Bertz CT molecular complexity index is 540. The first-order valence-corrected chi connectivity index (χ1v) is 8.28. The summed E-state index contributed by atoms with van der Waals surface area (Å²) in [7, 11) is 0. The average Bonchev–Trinajstić information content (AvgIpc) is 2.62. The van der Waals surface area contributed by atoms with Gasteiger partial charge in [-0.2, -0.15) is 0 Å². The number of ether oxygens (including phenoxy) is 1. The monoisotopic (exact) mass is 321 g/mol. The Hall–Kier alpha value is -1.66. The van der Waals surface area contributed by atoms with Crippen LogP contribution in [0, 0.1) is 11.7 Å². The highest BCUT2D eigenvalue weighted by Crippen LogP contribution is 2.22. The molecule has 5 nitrogen and oxygen atoms in total. The van der Waals surface area contributed by atoms with E-state index in [1.807, 2.05) is 15.9 Å². The molecule has 1 aromatic rings. The lowest BCUT2D eigenvalue weighted by Crippen LogP contribution is -2.55. The van der Waals surface area contributed by atoms with E-state index in [1.54, 1.807) is 12.1 Å². The number of carbonyl (C=O) groups excluding carboxylic acids is 1. The summed E-state index contributed by atoms with van der Waals surface area (Å²) in [4.78, 5) is 16.4. The highest BCUT2D eigenvalue weighted by molar-refractivity contribution is 5.82. The zero-order chi connectivity index (χ0) is 16.2. The molecule has 6 heteroatoms. The van der Waals surface area contributed by atoms with Crippen LogP contribution >= 0.6 is 0 Å². The van der Waals surface area contributed by atoms with E-state index in [4.69, 9.17) is 10.5 Å². The zero-order valence-corrected chi connectivity index (χ0v) is 13.3. The van der Waals surface area contributed by atoms with Gasteiger partial charge < -0.3 is 20.3 Å². The van der Waals surface area contributed by atoms with Crippen LogP contribution < -0.4 is 10.6 Å². The largest absolute Gasteiger partial charge is 0.381 e. The molecular formula is C17H24FN3O2. The number of amides is 1. The van der Waals surface area contributed by atoms with Crippen LogP contribution in [0.4, 0.5) is 10.1 Å². The number of carbonyl (C=O) groups is 1. The van der Waals surface area contributed by atoms with Gasteiger partial charge >= 0.3 is 0 Å². The Labute approximate surface area is 136 Å². The maximum absolute atomic E-state index is 13.8. The lowest BCUT2D eigenvalue weighted by atomic mass is 9.91. The molecule has 2 fully saturated rings. The maximum atomic E-state index is 13.8. The fourth-order valence-electron chi connectivity index (χ4n) is 3.36. The summed E-state index contributed by atoms with van der Waals surface area (Å²) in [5.74, 6) is 0.0112. The summed E-state index contributed by atoms with van der Waals surface area (Å²) in [5.41, 5.74) is 6.78. The summed E-state index contributed by atoms with van der Waals surface area (Å²) in [6.07, 6.45) is 1.70. The minimum absolute atomic E-state index is 0.0186. The van der Waals surface area contributed by atoms with E-state index >= 15 is 0 Å². The number of hydrogen-bond acceptors (Lipinski definition) is 4. The van der Waals surface area contributed by atoms with Gasteiger partial charge in [-0.3, -0.25) is 4.79 Å². The quantitative estimate of drug-likeness (QED) is 0.910. The van der Waals surface area contributed by atoms with E-state index in [2.05, 4.69) is 0 Å². The van der Waals surface area contributed by atoms with Crippen molar-refractivity contribution in [3.05, 3.63) is 30.1 Å². The summed E-state index contributed by atoms with van der Waals surface area (Å²) in [5, 5.41) is 0. The first-order chi connectivity index (χ1) is 11.2. The van der Waals surface area contributed by atoms with Crippen molar-refractivity contribution in [1.29, 1.82) is 0 Å². The molecule has 1 atom stereocenters. The van der Waals surface area contributed by atoms with Crippen LogP contribution in [0.2, 0.25) is 0 Å². The second-order valence-electron chi connectivity index (χ2n) is 6.24. The van der Waals surface area contributed by atoms with Gasteiger partial charge in [0.15, 0.2) is 0 Å². The molecule has 126 valence electrons. The molecule has 2 aliphatic rings. The molecule has 0 bridgehead atoms. The summed E-state index contributed by atoms with van der Waals surface area (Å²) >= 11 is 0. The smallest absolute Gasteiger partial charge is 0.239 e. The Morgan fingerprint density at radius 2 is 1.83 bits per heavy atom. The minimum atomic E-state index is -0.445. The number of para-hydroxylation sites is 1. The third kappa shape index (κ3) is 3.64. The molecule has 0 saturated carbocycles. The van der Waals surface area contributed by atoms with Gasteiger partial charge in [0.2, 0.25) is 5.91 Å². The van der Waals surface area contributed by atoms with E-state index in [1.165, 1.54) is 6.07 Å². The van der Waals surface area contributed by atoms with Gasteiger partial charge in [-0.15, -0.1) is 0 Å². The molecule has 0 aromatic heterocycles. The second-order valence-corrected chi connectivity index (χ2v) is 6.24. The van der Waals surface area contributed by atoms with E-state index in [0.29, 0.717) is 45.1 Å². The van der Waals surface area contributed by atoms with Gasteiger partial charge in [-0.25, -0.2) is 4.39 Å². The van der Waals surface area contributed by atoms with Crippen molar-refractivity contribution >= 4 is 11.6 Å². The highest BCUT2D eigenvalue weighted by atomic mass is 19.1. The molecule has 2 aliphatic heterocycles. The number of piperazine rings is 1.